The molecular weight excluding hydrogens is 367 g/mol. The normalized spacial score (nSPS) is 13.7. The second-order valence-electron chi connectivity index (χ2n) is 4.34. The van der Waals surface area contributed by atoms with Gasteiger partial charge in [-0.25, -0.2) is 12.8 Å². The molecule has 0 aromatic heterocycles. The SMILES string of the molecule is CCC(CSC)N(C)S(=O)(=O)c1cc(Br)c(F)cc1N. The fraction of sp³-hybridized carbons (Fsp3) is 0.500. The van der Waals surface area contributed by atoms with Gasteiger partial charge in [0.1, 0.15) is 10.7 Å². The van der Waals surface area contributed by atoms with Crippen LogP contribution in [0, 0.1) is 5.82 Å². The van der Waals surface area contributed by atoms with Gasteiger partial charge in [0.2, 0.25) is 10.0 Å². The summed E-state index contributed by atoms with van der Waals surface area (Å²) in [6.45, 7) is 1.93. The van der Waals surface area contributed by atoms with Crippen molar-refractivity contribution in [2.75, 3.05) is 24.8 Å². The van der Waals surface area contributed by atoms with Gasteiger partial charge in [-0.1, -0.05) is 6.92 Å². The van der Waals surface area contributed by atoms with E-state index in [1.165, 1.54) is 17.4 Å². The first-order valence-corrected chi connectivity index (χ1v) is 9.59. The van der Waals surface area contributed by atoms with Crippen molar-refractivity contribution in [1.29, 1.82) is 0 Å². The predicted molar refractivity (Wildman–Crippen MR) is 85.9 cm³/mol. The van der Waals surface area contributed by atoms with Gasteiger partial charge in [0, 0.05) is 18.8 Å². The summed E-state index contributed by atoms with van der Waals surface area (Å²) in [5.74, 6) is 0.106. The number of hydrogen-bond donors (Lipinski definition) is 1. The molecule has 0 aliphatic heterocycles. The minimum absolute atomic E-state index is 0.0761. The van der Waals surface area contributed by atoms with Gasteiger partial charge in [0.15, 0.2) is 0 Å². The highest BCUT2D eigenvalue weighted by Crippen LogP contribution is 2.29. The van der Waals surface area contributed by atoms with Crippen LogP contribution in [0.1, 0.15) is 13.3 Å². The standard InChI is InChI=1S/C12H18BrFN2O2S2/c1-4-8(7-19-3)16(2)20(17,18)12-5-9(13)10(14)6-11(12)15/h5-6,8H,4,7,15H2,1-3H3. The summed E-state index contributed by atoms with van der Waals surface area (Å²) in [5.41, 5.74) is 5.57. The van der Waals surface area contributed by atoms with Crippen molar-refractivity contribution < 1.29 is 12.8 Å². The Morgan fingerprint density at radius 2 is 2.10 bits per heavy atom. The van der Waals surface area contributed by atoms with Crippen LogP contribution in [-0.4, -0.2) is 37.8 Å². The lowest BCUT2D eigenvalue weighted by Crippen LogP contribution is -2.38. The van der Waals surface area contributed by atoms with E-state index in [9.17, 15) is 12.8 Å². The Labute approximate surface area is 132 Å². The molecule has 114 valence electrons. The molecule has 0 radical (unpaired) electrons. The molecule has 0 saturated carbocycles. The lowest BCUT2D eigenvalue weighted by Gasteiger charge is -2.26. The van der Waals surface area contributed by atoms with Crippen LogP contribution in [0.5, 0.6) is 0 Å². The summed E-state index contributed by atoms with van der Waals surface area (Å²) >= 11 is 4.57. The predicted octanol–water partition coefficient (Wildman–Crippen LogP) is 2.93. The smallest absolute Gasteiger partial charge is 0.245 e. The first-order chi connectivity index (χ1) is 9.25. The molecule has 2 N–H and O–H groups in total. The number of nitrogens with zero attached hydrogens (tertiary/aromatic N) is 1. The molecule has 0 fully saturated rings. The molecular formula is C12H18BrFN2O2S2. The van der Waals surface area contributed by atoms with Crippen LogP contribution in [-0.2, 0) is 10.0 Å². The van der Waals surface area contributed by atoms with Crippen LogP contribution < -0.4 is 5.73 Å². The summed E-state index contributed by atoms with van der Waals surface area (Å²) < 4.78 is 39.9. The Kier molecular flexibility index (Phi) is 6.30. The minimum Gasteiger partial charge on any atom is -0.398 e. The number of hydrogen-bond acceptors (Lipinski definition) is 4. The van der Waals surface area contributed by atoms with Crippen LogP contribution in [0.25, 0.3) is 0 Å². The van der Waals surface area contributed by atoms with Crippen molar-refractivity contribution in [3.05, 3.63) is 22.4 Å². The van der Waals surface area contributed by atoms with Crippen LogP contribution in [0.3, 0.4) is 0 Å². The first kappa shape index (κ1) is 17.7. The maximum Gasteiger partial charge on any atom is 0.245 e. The number of sulfonamides is 1. The Hall–Kier alpha value is -0.310. The number of benzene rings is 1. The van der Waals surface area contributed by atoms with Crippen molar-refractivity contribution in [2.45, 2.75) is 24.3 Å². The quantitative estimate of drug-likeness (QED) is 0.765. The van der Waals surface area contributed by atoms with E-state index in [-0.39, 0.29) is 21.1 Å². The van der Waals surface area contributed by atoms with E-state index in [2.05, 4.69) is 15.9 Å². The molecule has 0 bridgehead atoms. The molecule has 0 amide bonds. The fourth-order valence-electron chi connectivity index (χ4n) is 1.79. The van der Waals surface area contributed by atoms with Crippen LogP contribution in [0.15, 0.2) is 21.5 Å². The van der Waals surface area contributed by atoms with Gasteiger partial charge in [0.25, 0.3) is 0 Å². The molecule has 0 aliphatic carbocycles. The van der Waals surface area contributed by atoms with E-state index < -0.39 is 15.8 Å². The molecule has 0 saturated heterocycles. The molecule has 0 spiro atoms. The zero-order valence-electron chi connectivity index (χ0n) is 11.6. The summed E-state index contributed by atoms with van der Waals surface area (Å²) in [6, 6.07) is 2.10. The van der Waals surface area contributed by atoms with Gasteiger partial charge in [-0.2, -0.15) is 16.1 Å². The van der Waals surface area contributed by atoms with Crippen LogP contribution in [0.2, 0.25) is 0 Å². The average Bonchev–Trinajstić information content (AvgIpc) is 2.39. The molecule has 1 atom stereocenters. The fourth-order valence-corrected chi connectivity index (χ4v) is 4.77. The van der Waals surface area contributed by atoms with Crippen molar-refractivity contribution in [1.82, 2.24) is 4.31 Å². The molecule has 4 nitrogen and oxygen atoms in total. The molecule has 1 aromatic carbocycles. The van der Waals surface area contributed by atoms with E-state index in [4.69, 9.17) is 5.73 Å². The average molecular weight is 385 g/mol. The van der Waals surface area contributed by atoms with Crippen molar-refractivity contribution >= 4 is 43.4 Å². The van der Waals surface area contributed by atoms with Gasteiger partial charge in [-0.05, 0) is 40.7 Å². The summed E-state index contributed by atoms with van der Waals surface area (Å²) in [5, 5.41) is 0. The first-order valence-electron chi connectivity index (χ1n) is 5.97. The molecule has 1 unspecified atom stereocenters. The van der Waals surface area contributed by atoms with Gasteiger partial charge in [-0.3, -0.25) is 0 Å². The lowest BCUT2D eigenvalue weighted by molar-refractivity contribution is 0.385. The zero-order valence-corrected chi connectivity index (χ0v) is 14.8. The maximum atomic E-state index is 13.4. The van der Waals surface area contributed by atoms with E-state index in [1.54, 1.807) is 11.8 Å². The van der Waals surface area contributed by atoms with E-state index in [0.717, 1.165) is 6.07 Å². The number of nitrogen functional groups attached to an aromatic ring is 1. The highest BCUT2D eigenvalue weighted by molar-refractivity contribution is 9.10. The third-order valence-electron chi connectivity index (χ3n) is 3.05. The lowest BCUT2D eigenvalue weighted by atomic mass is 10.3. The third kappa shape index (κ3) is 3.66. The molecule has 0 aliphatic rings. The number of nitrogens with two attached hydrogens (primary N) is 1. The number of anilines is 1. The van der Waals surface area contributed by atoms with Crippen LogP contribution >= 0.6 is 27.7 Å². The van der Waals surface area contributed by atoms with Crippen LogP contribution in [0.4, 0.5) is 10.1 Å². The second kappa shape index (κ2) is 7.11. The Morgan fingerprint density at radius 1 is 1.50 bits per heavy atom. The molecule has 1 aromatic rings. The highest BCUT2D eigenvalue weighted by Gasteiger charge is 2.29. The summed E-state index contributed by atoms with van der Waals surface area (Å²) in [6.07, 6.45) is 2.62. The van der Waals surface area contributed by atoms with Gasteiger partial charge in [0.05, 0.1) is 10.2 Å². The third-order valence-corrected chi connectivity index (χ3v) is 6.35. The Bertz CT molecular complexity index is 581. The molecule has 20 heavy (non-hydrogen) atoms. The molecule has 1 rings (SSSR count). The highest BCUT2D eigenvalue weighted by atomic mass is 79.9. The maximum absolute atomic E-state index is 13.4. The van der Waals surface area contributed by atoms with Crippen molar-refractivity contribution in [3.8, 4) is 0 Å². The molecule has 8 heteroatoms. The summed E-state index contributed by atoms with van der Waals surface area (Å²) in [4.78, 5) is -0.0761. The topological polar surface area (TPSA) is 63.4 Å². The van der Waals surface area contributed by atoms with Gasteiger partial charge in [-0.15, -0.1) is 0 Å². The monoisotopic (exact) mass is 384 g/mol. The zero-order chi connectivity index (χ0) is 15.5. The number of thioether (sulfide) groups is 1. The Morgan fingerprint density at radius 3 is 2.60 bits per heavy atom. The summed E-state index contributed by atoms with van der Waals surface area (Å²) in [7, 11) is -2.22. The van der Waals surface area contributed by atoms with Crippen molar-refractivity contribution in [3.63, 3.8) is 0 Å². The van der Waals surface area contributed by atoms with Gasteiger partial charge >= 0.3 is 0 Å². The van der Waals surface area contributed by atoms with E-state index >= 15 is 0 Å². The number of halogens is 2. The number of rotatable bonds is 6. The minimum atomic E-state index is -3.74. The van der Waals surface area contributed by atoms with E-state index in [0.29, 0.717) is 12.2 Å². The van der Waals surface area contributed by atoms with Gasteiger partial charge < -0.3 is 5.73 Å². The largest absolute Gasteiger partial charge is 0.398 e. The Balaban J connectivity index is 3.26. The molecule has 0 heterocycles. The second-order valence-corrected chi connectivity index (χ2v) is 8.07. The van der Waals surface area contributed by atoms with Crippen molar-refractivity contribution in [2.24, 2.45) is 0 Å². The van der Waals surface area contributed by atoms with E-state index in [1.807, 2.05) is 13.2 Å².